The smallest absolute Gasteiger partial charge is 0.338 e. The van der Waals surface area contributed by atoms with Crippen molar-refractivity contribution in [2.75, 3.05) is 26.7 Å². The minimum Gasteiger partial charge on any atom is -0.465 e. The number of methoxy groups -OCH3 is 1. The largest absolute Gasteiger partial charge is 0.465 e. The first-order valence-electron chi connectivity index (χ1n) is 7.37. The first-order valence-corrected chi connectivity index (χ1v) is 7.37. The molecule has 0 aromatic heterocycles. The summed E-state index contributed by atoms with van der Waals surface area (Å²) in [6.45, 7) is 1.91. The van der Waals surface area contributed by atoms with Crippen LogP contribution in [0.1, 0.15) is 40.0 Å². The van der Waals surface area contributed by atoms with Gasteiger partial charge >= 0.3 is 5.97 Å². The number of nitrogens with one attached hydrogen (secondary N) is 1. The van der Waals surface area contributed by atoms with Crippen molar-refractivity contribution in [2.45, 2.75) is 19.3 Å². The monoisotopic (exact) mass is 304 g/mol. The molecule has 1 aliphatic heterocycles. The Morgan fingerprint density at radius 1 is 1.27 bits per heavy atom. The van der Waals surface area contributed by atoms with Crippen LogP contribution in [-0.2, 0) is 9.53 Å². The minimum atomic E-state index is -0.534. The topological polar surface area (TPSA) is 75.7 Å². The Labute approximate surface area is 129 Å². The molecule has 0 atom stereocenters. The number of hydrogen-bond acceptors (Lipinski definition) is 4. The number of nitrogens with zero attached hydrogens (tertiary/aromatic N) is 1. The molecule has 1 fully saturated rings. The van der Waals surface area contributed by atoms with Gasteiger partial charge in [-0.15, -0.1) is 0 Å². The van der Waals surface area contributed by atoms with Crippen molar-refractivity contribution in [1.82, 2.24) is 10.2 Å². The van der Waals surface area contributed by atoms with Crippen LogP contribution >= 0.6 is 0 Å². The maximum absolute atomic E-state index is 12.1. The number of amides is 2. The molecule has 1 aromatic rings. The van der Waals surface area contributed by atoms with Gasteiger partial charge in [0, 0.05) is 26.1 Å². The molecule has 1 aromatic carbocycles. The Bertz CT molecular complexity index is 571. The highest BCUT2D eigenvalue weighted by molar-refractivity contribution is 6.05. The molecule has 6 nitrogen and oxygen atoms in total. The molecule has 2 rings (SSSR count). The highest BCUT2D eigenvalue weighted by Gasteiger charge is 2.20. The third-order valence-electron chi connectivity index (χ3n) is 3.64. The zero-order chi connectivity index (χ0) is 15.9. The summed E-state index contributed by atoms with van der Waals surface area (Å²) < 4.78 is 4.67. The normalized spacial score (nSPS) is 14.0. The number of likely N-dealkylation sites (tertiary alicyclic amines) is 1. The molecule has 2 amide bonds. The van der Waals surface area contributed by atoms with Crippen molar-refractivity contribution in [1.29, 1.82) is 0 Å². The average molecular weight is 304 g/mol. The van der Waals surface area contributed by atoms with Gasteiger partial charge in [0.15, 0.2) is 0 Å². The molecule has 0 spiro atoms. The summed E-state index contributed by atoms with van der Waals surface area (Å²) in [5, 5.41) is 2.77. The van der Waals surface area contributed by atoms with Gasteiger partial charge in [-0.2, -0.15) is 0 Å². The van der Waals surface area contributed by atoms with Crippen LogP contribution in [0.4, 0.5) is 0 Å². The van der Waals surface area contributed by atoms with Crippen molar-refractivity contribution >= 4 is 17.8 Å². The average Bonchev–Trinajstić information content (AvgIpc) is 2.95. The van der Waals surface area contributed by atoms with Gasteiger partial charge in [0.2, 0.25) is 5.91 Å². The molecule has 0 saturated carbocycles. The van der Waals surface area contributed by atoms with Crippen LogP contribution in [0.3, 0.4) is 0 Å². The second-order valence-electron chi connectivity index (χ2n) is 5.13. The summed E-state index contributed by atoms with van der Waals surface area (Å²) in [4.78, 5) is 37.1. The summed E-state index contributed by atoms with van der Waals surface area (Å²) in [7, 11) is 1.28. The Hall–Kier alpha value is -2.37. The van der Waals surface area contributed by atoms with Crippen LogP contribution in [0.5, 0.6) is 0 Å². The summed E-state index contributed by atoms with van der Waals surface area (Å²) in [6, 6.07) is 6.53. The van der Waals surface area contributed by atoms with E-state index in [0.717, 1.165) is 13.0 Å². The first-order chi connectivity index (χ1) is 10.6. The first kappa shape index (κ1) is 16.0. The predicted octanol–water partition coefficient (Wildman–Crippen LogP) is 1.22. The molecule has 0 bridgehead atoms. The van der Waals surface area contributed by atoms with Gasteiger partial charge in [-0.3, -0.25) is 9.59 Å². The summed E-state index contributed by atoms with van der Waals surface area (Å²) in [5.74, 6) is -0.662. The molecule has 1 saturated heterocycles. The Morgan fingerprint density at radius 2 is 2.00 bits per heavy atom. The zero-order valence-corrected chi connectivity index (χ0v) is 12.6. The summed E-state index contributed by atoms with van der Waals surface area (Å²) >= 11 is 0. The van der Waals surface area contributed by atoms with Gasteiger partial charge < -0.3 is 15.0 Å². The lowest BCUT2D eigenvalue weighted by Crippen LogP contribution is -2.31. The van der Waals surface area contributed by atoms with Crippen molar-refractivity contribution in [3.63, 3.8) is 0 Å². The lowest BCUT2D eigenvalue weighted by molar-refractivity contribution is -0.127. The highest BCUT2D eigenvalue weighted by Crippen LogP contribution is 2.11. The third-order valence-corrected chi connectivity index (χ3v) is 3.64. The lowest BCUT2D eigenvalue weighted by Gasteiger charge is -2.15. The Balaban J connectivity index is 1.85. The molecule has 0 aliphatic carbocycles. The second kappa shape index (κ2) is 7.59. The van der Waals surface area contributed by atoms with E-state index in [-0.39, 0.29) is 17.4 Å². The van der Waals surface area contributed by atoms with Crippen molar-refractivity contribution < 1.29 is 19.1 Å². The fourth-order valence-corrected chi connectivity index (χ4v) is 2.48. The van der Waals surface area contributed by atoms with Crippen molar-refractivity contribution in [2.24, 2.45) is 0 Å². The van der Waals surface area contributed by atoms with Gasteiger partial charge in [0.05, 0.1) is 18.2 Å². The molecule has 1 aliphatic rings. The highest BCUT2D eigenvalue weighted by atomic mass is 16.5. The quantitative estimate of drug-likeness (QED) is 0.633. The van der Waals surface area contributed by atoms with Crippen LogP contribution in [-0.4, -0.2) is 49.4 Å². The van der Waals surface area contributed by atoms with Crippen molar-refractivity contribution in [3.05, 3.63) is 35.4 Å². The lowest BCUT2D eigenvalue weighted by atomic mass is 10.1. The summed E-state index contributed by atoms with van der Waals surface area (Å²) in [6.07, 6.45) is 2.23. The van der Waals surface area contributed by atoms with E-state index in [4.69, 9.17) is 0 Å². The zero-order valence-electron chi connectivity index (χ0n) is 12.6. The van der Waals surface area contributed by atoms with Crippen LogP contribution in [0.15, 0.2) is 24.3 Å². The number of benzene rings is 1. The maximum Gasteiger partial charge on any atom is 0.338 e. The molecule has 0 unspecified atom stereocenters. The third kappa shape index (κ3) is 3.84. The molecular formula is C16H20N2O4. The van der Waals surface area contributed by atoms with Crippen LogP contribution in [0.25, 0.3) is 0 Å². The van der Waals surface area contributed by atoms with Gasteiger partial charge in [0.1, 0.15) is 0 Å². The molecular weight excluding hydrogens is 284 g/mol. The molecule has 118 valence electrons. The van der Waals surface area contributed by atoms with E-state index < -0.39 is 5.97 Å². The van der Waals surface area contributed by atoms with Crippen molar-refractivity contribution in [3.8, 4) is 0 Å². The second-order valence-corrected chi connectivity index (χ2v) is 5.13. The molecule has 22 heavy (non-hydrogen) atoms. The Kier molecular flexibility index (Phi) is 5.52. The number of hydrogen-bond donors (Lipinski definition) is 1. The standard InChI is InChI=1S/C16H20N2O4/c1-22-16(21)13-7-3-2-6-12(13)15(20)17-9-5-11-18-10-4-8-14(18)19/h2-3,6-7H,4-5,8-11H2,1H3,(H,17,20). The maximum atomic E-state index is 12.1. The van der Waals surface area contributed by atoms with Crippen LogP contribution < -0.4 is 5.32 Å². The van der Waals surface area contributed by atoms with E-state index in [1.54, 1.807) is 24.3 Å². The molecule has 6 heteroatoms. The summed E-state index contributed by atoms with van der Waals surface area (Å²) in [5.41, 5.74) is 0.545. The van der Waals surface area contributed by atoms with Crippen LogP contribution in [0.2, 0.25) is 0 Å². The van der Waals surface area contributed by atoms with E-state index >= 15 is 0 Å². The number of esters is 1. The minimum absolute atomic E-state index is 0.183. The van der Waals surface area contributed by atoms with Gasteiger partial charge in [-0.05, 0) is 25.0 Å². The predicted molar refractivity (Wildman–Crippen MR) is 80.5 cm³/mol. The van der Waals surface area contributed by atoms with Crippen LogP contribution in [0, 0.1) is 0 Å². The SMILES string of the molecule is COC(=O)c1ccccc1C(=O)NCCCN1CCCC1=O. The van der Waals surface area contributed by atoms with E-state index in [9.17, 15) is 14.4 Å². The number of rotatable bonds is 6. The van der Waals surface area contributed by atoms with E-state index in [2.05, 4.69) is 10.1 Å². The van der Waals surface area contributed by atoms with Gasteiger partial charge in [0.25, 0.3) is 5.91 Å². The fourth-order valence-electron chi connectivity index (χ4n) is 2.48. The van der Waals surface area contributed by atoms with E-state index in [1.165, 1.54) is 7.11 Å². The van der Waals surface area contributed by atoms with E-state index in [0.29, 0.717) is 31.5 Å². The van der Waals surface area contributed by atoms with E-state index in [1.807, 2.05) is 4.90 Å². The van der Waals surface area contributed by atoms with Gasteiger partial charge in [-0.1, -0.05) is 12.1 Å². The molecule has 1 N–H and O–H groups in total. The molecule has 0 radical (unpaired) electrons. The number of carbonyl (C=O) groups excluding carboxylic acids is 3. The number of ether oxygens (including phenoxy) is 1. The fraction of sp³-hybridized carbons (Fsp3) is 0.438. The number of carbonyl (C=O) groups is 3. The van der Waals surface area contributed by atoms with Gasteiger partial charge in [-0.25, -0.2) is 4.79 Å². The molecule has 1 heterocycles. The Morgan fingerprint density at radius 3 is 2.64 bits per heavy atom.